The van der Waals surface area contributed by atoms with Crippen molar-refractivity contribution in [3.05, 3.63) is 90.7 Å². The number of hydrogen-bond acceptors (Lipinski definition) is 3. The minimum absolute atomic E-state index is 0.176. The van der Waals surface area contributed by atoms with Crippen LogP contribution in [0.2, 0.25) is 0 Å². The Kier molecular flexibility index (Phi) is 11.4. The van der Waals surface area contributed by atoms with Gasteiger partial charge in [-0.2, -0.15) is 17.7 Å². The van der Waals surface area contributed by atoms with Crippen LogP contribution in [0.1, 0.15) is 5.56 Å². The van der Waals surface area contributed by atoms with E-state index in [4.69, 9.17) is 4.74 Å². The van der Waals surface area contributed by atoms with E-state index in [2.05, 4.69) is 20.6 Å². The van der Waals surface area contributed by atoms with Crippen molar-refractivity contribution in [2.24, 2.45) is 0 Å². The molecule has 0 radical (unpaired) electrons. The summed E-state index contributed by atoms with van der Waals surface area (Å²) in [6.07, 6.45) is 1.58. The van der Waals surface area contributed by atoms with Crippen LogP contribution in [-0.4, -0.2) is 26.2 Å². The Morgan fingerprint density at radius 3 is 2.36 bits per heavy atom. The second kappa shape index (κ2) is 13.2. The van der Waals surface area contributed by atoms with Crippen molar-refractivity contribution in [3.63, 3.8) is 0 Å². The van der Waals surface area contributed by atoms with Crippen LogP contribution >= 0.6 is 9.58 Å². The molecule has 3 rings (SSSR count). The fourth-order valence-electron chi connectivity index (χ4n) is 2.14. The zero-order chi connectivity index (χ0) is 20.9. The molecule has 1 aromatic heterocycles. The summed E-state index contributed by atoms with van der Waals surface area (Å²) in [5.41, 5.74) is 2.61. The molecule has 150 valence electrons. The molecule has 0 fully saturated rings. The van der Waals surface area contributed by atoms with E-state index in [1.807, 2.05) is 55.4 Å². The first-order chi connectivity index (χ1) is 13.5. The summed E-state index contributed by atoms with van der Waals surface area (Å²) in [6.45, 7) is 1.71. The summed E-state index contributed by atoms with van der Waals surface area (Å²) in [5.74, 6) is -1.30. The van der Waals surface area contributed by atoms with Crippen molar-refractivity contribution < 1.29 is 31.4 Å². The van der Waals surface area contributed by atoms with Crippen molar-refractivity contribution in [1.29, 1.82) is 0 Å². The average molecular weight is 582 g/mol. The van der Waals surface area contributed by atoms with Crippen LogP contribution in [0.5, 0.6) is 0 Å². The van der Waals surface area contributed by atoms with Crippen molar-refractivity contribution in [3.8, 4) is 11.3 Å². The Bertz CT molecular complexity index is 836. The van der Waals surface area contributed by atoms with Crippen LogP contribution in [0.4, 0.5) is 14.5 Å². The fourth-order valence-corrected chi connectivity index (χ4v) is 2.14. The van der Waals surface area contributed by atoms with Gasteiger partial charge in [-0.25, -0.2) is 0 Å². The van der Waals surface area contributed by atoms with Crippen molar-refractivity contribution >= 4 is 15.3 Å². The number of hydrogen-bond donors (Lipinski definition) is 0. The normalized spacial score (nSPS) is 9.39. The molecule has 3 aromatic rings. The Balaban J connectivity index is 0.000000301. The van der Waals surface area contributed by atoms with Gasteiger partial charge >= 0.3 is 27.5 Å². The molecule has 7 heteroatoms. The van der Waals surface area contributed by atoms with Gasteiger partial charge in [-0.1, -0.05) is 30.4 Å². The topological polar surface area (TPSA) is 25.4 Å². The second-order valence-electron chi connectivity index (χ2n) is 5.60. The van der Waals surface area contributed by atoms with Gasteiger partial charge in [0.05, 0.1) is 0 Å². The molecule has 0 aliphatic heterocycles. The Hall–Kier alpha value is -1.98. The van der Waals surface area contributed by atoms with Gasteiger partial charge in [0.25, 0.3) is 0 Å². The van der Waals surface area contributed by atoms with E-state index in [0.29, 0.717) is 5.69 Å². The van der Waals surface area contributed by atoms with Crippen LogP contribution in [0.25, 0.3) is 11.3 Å². The van der Waals surface area contributed by atoms with E-state index in [9.17, 15) is 8.78 Å². The molecule has 0 unspecified atom stereocenters. The molecule has 1 heterocycles. The number of halogens is 3. The van der Waals surface area contributed by atoms with E-state index in [-0.39, 0.29) is 5.56 Å². The number of methoxy groups -OCH3 is 1. The van der Waals surface area contributed by atoms with Crippen LogP contribution in [-0.2, 0) is 22.6 Å². The predicted octanol–water partition coefficient (Wildman–Crippen LogP) is 5.42. The third-order valence-corrected chi connectivity index (χ3v) is 3.43. The van der Waals surface area contributed by atoms with Crippen molar-refractivity contribution in [1.82, 2.24) is 4.98 Å². The monoisotopic (exact) mass is 582 g/mol. The molecule has 0 saturated heterocycles. The van der Waals surface area contributed by atoms with Crippen molar-refractivity contribution in [2.75, 3.05) is 26.1 Å². The first-order valence-corrected chi connectivity index (χ1v) is 11.0. The van der Waals surface area contributed by atoms with Gasteiger partial charge < -0.3 is 14.6 Å². The van der Waals surface area contributed by atoms with Gasteiger partial charge in [0.15, 0.2) is 0 Å². The van der Waals surface area contributed by atoms with Gasteiger partial charge in [0.1, 0.15) is 0 Å². The summed E-state index contributed by atoms with van der Waals surface area (Å²) < 4.78 is 31.1. The minimum atomic E-state index is -0.659. The molecular weight excluding hydrogens is 562 g/mol. The number of rotatable bonds is 4. The van der Waals surface area contributed by atoms with E-state index in [1.165, 1.54) is 17.9 Å². The van der Waals surface area contributed by atoms with Gasteiger partial charge in [0, 0.05) is 44.7 Å². The van der Waals surface area contributed by atoms with Crippen LogP contribution < -0.4 is 4.90 Å². The van der Waals surface area contributed by atoms with Gasteiger partial charge in [-0.3, -0.25) is 8.78 Å². The summed E-state index contributed by atoms with van der Waals surface area (Å²) in [4.78, 5) is 5.94. The Morgan fingerprint density at radius 1 is 1.11 bits per heavy atom. The summed E-state index contributed by atoms with van der Waals surface area (Å²) in [5, 5.41) is 0. The molecule has 2 aromatic carbocycles. The molecular formula is C21H20ClF2IrN2O. The quantitative estimate of drug-likeness (QED) is 0.385. The van der Waals surface area contributed by atoms with Gasteiger partial charge in [0.2, 0.25) is 0 Å². The van der Waals surface area contributed by atoms with E-state index in [0.717, 1.165) is 23.4 Å². The molecule has 0 atom stereocenters. The number of benzene rings is 2. The standard InChI is InChI=1S/C13H11F2N2.C8H9O.ClH.Ir/c1-17(2)10-5-6-16-13(8-10)11-4-3-9(14)7-12(11)15;1-9-7-8-5-3-2-4-6-8;;/h3,5-8H,1-2H3;2-7H,1H3;1H;/q2*-1;;+3/p-1. The molecule has 0 aliphatic carbocycles. The Morgan fingerprint density at radius 2 is 1.79 bits per heavy atom. The molecule has 0 spiro atoms. The van der Waals surface area contributed by atoms with Crippen LogP contribution in [0.15, 0.2) is 60.8 Å². The molecule has 0 saturated carbocycles. The first kappa shape index (κ1) is 24.1. The number of anilines is 1. The summed E-state index contributed by atoms with van der Waals surface area (Å²) >= 11 is 1.47. The number of pyridine rings is 1. The number of aromatic nitrogens is 1. The number of ether oxygens (including phenoxy) is 1. The third kappa shape index (κ3) is 7.95. The molecule has 0 amide bonds. The fraction of sp³-hybridized carbons (Fsp3) is 0.143. The zero-order valence-corrected chi connectivity index (χ0v) is 18.8. The Labute approximate surface area is 179 Å². The predicted molar refractivity (Wildman–Crippen MR) is 105 cm³/mol. The average Bonchev–Trinajstić information content (AvgIpc) is 2.71. The maximum absolute atomic E-state index is 13.5. The second-order valence-corrected chi connectivity index (χ2v) is 5.60. The first-order valence-electron chi connectivity index (χ1n) is 8.05. The van der Waals surface area contributed by atoms with Crippen LogP contribution in [0.3, 0.4) is 0 Å². The molecule has 0 bridgehead atoms. The molecule has 0 aliphatic rings. The molecule has 0 N–H and O–H groups in total. The third-order valence-electron chi connectivity index (χ3n) is 3.43. The van der Waals surface area contributed by atoms with E-state index >= 15 is 0 Å². The zero-order valence-electron chi connectivity index (χ0n) is 15.6. The van der Waals surface area contributed by atoms with E-state index in [1.54, 1.807) is 26.0 Å². The summed E-state index contributed by atoms with van der Waals surface area (Å²) in [7, 11) is 10.0. The number of nitrogens with zero attached hydrogens (tertiary/aromatic N) is 2. The van der Waals surface area contributed by atoms with Crippen LogP contribution in [0, 0.1) is 24.3 Å². The SMILES string of the molecule is CN(C)c1ccnc(-c2[c-]cc(F)cc2F)c1.CO[CH-]c1ccccc1.[Cl][Ir+2]. The van der Waals surface area contributed by atoms with E-state index < -0.39 is 11.6 Å². The molecule has 28 heavy (non-hydrogen) atoms. The summed E-state index contributed by atoms with van der Waals surface area (Å²) in [6, 6.07) is 17.9. The van der Waals surface area contributed by atoms with Gasteiger partial charge in [-0.15, -0.1) is 24.3 Å². The van der Waals surface area contributed by atoms with Gasteiger partial charge in [-0.05, 0) is 11.8 Å². The molecule has 3 nitrogen and oxygen atoms in total. The van der Waals surface area contributed by atoms with Crippen molar-refractivity contribution in [2.45, 2.75) is 0 Å². The maximum atomic E-state index is 13.5.